The SMILES string of the molecule is CC12CCC(C/C1=N\NC(=O)c1ccc(Br)cc1)C2(C)CBr. The number of fused-ring (bicyclic) bond motifs is 2. The average Bonchev–Trinajstić information content (AvgIpc) is 2.89. The molecule has 1 aromatic rings. The van der Waals surface area contributed by atoms with E-state index in [4.69, 9.17) is 0 Å². The third kappa shape index (κ3) is 2.37. The van der Waals surface area contributed by atoms with Crippen LogP contribution in [0.4, 0.5) is 0 Å². The van der Waals surface area contributed by atoms with Crippen LogP contribution in [0.15, 0.2) is 33.8 Å². The van der Waals surface area contributed by atoms with Gasteiger partial charge in [0.05, 0.1) is 0 Å². The van der Waals surface area contributed by atoms with Crippen LogP contribution in [0.2, 0.25) is 0 Å². The molecule has 0 saturated heterocycles. The van der Waals surface area contributed by atoms with Crippen LogP contribution < -0.4 is 5.43 Å². The van der Waals surface area contributed by atoms with Gasteiger partial charge in [-0.2, -0.15) is 5.10 Å². The number of halogens is 2. The molecule has 0 aliphatic heterocycles. The molecule has 1 amide bonds. The van der Waals surface area contributed by atoms with Crippen molar-refractivity contribution in [2.24, 2.45) is 21.8 Å². The Morgan fingerprint density at radius 2 is 2.05 bits per heavy atom. The second-order valence-electron chi connectivity index (χ2n) is 6.83. The number of nitrogens with zero attached hydrogens (tertiary/aromatic N) is 1. The number of hydrazone groups is 1. The van der Waals surface area contributed by atoms with E-state index in [1.807, 2.05) is 12.1 Å². The highest BCUT2D eigenvalue weighted by Gasteiger charge is 2.61. The molecule has 5 heteroatoms. The fourth-order valence-corrected chi connectivity index (χ4v) is 5.33. The molecule has 0 radical (unpaired) electrons. The third-order valence-electron chi connectivity index (χ3n) is 5.91. The minimum atomic E-state index is -0.146. The topological polar surface area (TPSA) is 41.5 Å². The number of benzene rings is 1. The van der Waals surface area contributed by atoms with E-state index in [2.05, 4.69) is 56.2 Å². The summed E-state index contributed by atoms with van der Waals surface area (Å²) >= 11 is 7.07. The predicted molar refractivity (Wildman–Crippen MR) is 96.4 cm³/mol. The fraction of sp³-hybridized carbons (Fsp3) is 0.529. The Morgan fingerprint density at radius 3 is 2.64 bits per heavy atom. The molecule has 2 saturated carbocycles. The minimum Gasteiger partial charge on any atom is -0.267 e. The molecule has 118 valence electrons. The lowest BCUT2D eigenvalue weighted by molar-refractivity contribution is 0.0954. The number of hydrogen-bond donors (Lipinski definition) is 1. The maximum Gasteiger partial charge on any atom is 0.271 e. The van der Waals surface area contributed by atoms with Crippen molar-refractivity contribution >= 4 is 43.5 Å². The summed E-state index contributed by atoms with van der Waals surface area (Å²) in [7, 11) is 0. The molecule has 2 aliphatic rings. The van der Waals surface area contributed by atoms with Gasteiger partial charge < -0.3 is 0 Å². The van der Waals surface area contributed by atoms with Crippen LogP contribution in [-0.4, -0.2) is 16.9 Å². The number of hydrogen-bond acceptors (Lipinski definition) is 2. The number of amides is 1. The van der Waals surface area contributed by atoms with Gasteiger partial charge in [-0.05, 0) is 54.9 Å². The standard InChI is InChI=1S/C17H20Br2N2O/c1-16-8-7-12(17(16,2)10-18)9-14(16)20-21-15(22)11-3-5-13(19)6-4-11/h3-6,12H,7-10H2,1-2H3,(H,21,22)/b20-14+. The number of carbonyl (C=O) groups excluding carboxylic acids is 1. The van der Waals surface area contributed by atoms with Crippen molar-refractivity contribution in [2.75, 3.05) is 5.33 Å². The lowest BCUT2D eigenvalue weighted by atomic mass is 9.70. The van der Waals surface area contributed by atoms with Crippen molar-refractivity contribution in [1.82, 2.24) is 5.43 Å². The van der Waals surface area contributed by atoms with Crippen LogP contribution in [-0.2, 0) is 0 Å². The summed E-state index contributed by atoms with van der Waals surface area (Å²) < 4.78 is 0.962. The summed E-state index contributed by atoms with van der Waals surface area (Å²) in [5.41, 5.74) is 4.86. The molecule has 1 aromatic carbocycles. The largest absolute Gasteiger partial charge is 0.271 e. The number of alkyl halides is 1. The molecule has 0 aromatic heterocycles. The normalized spacial score (nSPS) is 35.1. The van der Waals surface area contributed by atoms with Crippen molar-refractivity contribution in [3.8, 4) is 0 Å². The molecule has 2 bridgehead atoms. The zero-order chi connectivity index (χ0) is 16.0. The van der Waals surface area contributed by atoms with Gasteiger partial charge in [-0.25, -0.2) is 5.43 Å². The van der Waals surface area contributed by atoms with Crippen LogP contribution in [0.25, 0.3) is 0 Å². The van der Waals surface area contributed by atoms with E-state index in [9.17, 15) is 4.79 Å². The molecule has 0 spiro atoms. The van der Waals surface area contributed by atoms with E-state index in [-0.39, 0.29) is 16.7 Å². The quantitative estimate of drug-likeness (QED) is 0.548. The average molecular weight is 428 g/mol. The first-order valence-electron chi connectivity index (χ1n) is 7.59. The van der Waals surface area contributed by atoms with Gasteiger partial charge in [0, 0.05) is 26.5 Å². The first-order chi connectivity index (χ1) is 10.4. The van der Waals surface area contributed by atoms with E-state index in [1.165, 1.54) is 6.42 Å². The van der Waals surface area contributed by atoms with E-state index < -0.39 is 0 Å². The second-order valence-corrected chi connectivity index (χ2v) is 8.31. The molecule has 2 aliphatic carbocycles. The molecule has 3 rings (SSSR count). The smallest absolute Gasteiger partial charge is 0.267 e. The van der Waals surface area contributed by atoms with Gasteiger partial charge in [0.2, 0.25) is 0 Å². The summed E-state index contributed by atoms with van der Waals surface area (Å²) in [5, 5.41) is 5.49. The van der Waals surface area contributed by atoms with E-state index >= 15 is 0 Å². The monoisotopic (exact) mass is 426 g/mol. The molecular formula is C17H20Br2N2O. The Labute approximate surface area is 148 Å². The number of rotatable bonds is 3. The second kappa shape index (κ2) is 5.75. The van der Waals surface area contributed by atoms with Crippen molar-refractivity contribution in [3.05, 3.63) is 34.3 Å². The highest BCUT2D eigenvalue weighted by atomic mass is 79.9. The number of carbonyl (C=O) groups is 1. The lowest BCUT2D eigenvalue weighted by Gasteiger charge is -2.36. The van der Waals surface area contributed by atoms with Crippen LogP contribution in [0, 0.1) is 16.7 Å². The van der Waals surface area contributed by atoms with Crippen molar-refractivity contribution in [1.29, 1.82) is 0 Å². The van der Waals surface area contributed by atoms with Crippen LogP contribution in [0.5, 0.6) is 0 Å². The maximum atomic E-state index is 12.2. The Hall–Kier alpha value is -0.680. The van der Waals surface area contributed by atoms with Crippen LogP contribution >= 0.6 is 31.9 Å². The van der Waals surface area contributed by atoms with Gasteiger partial charge in [-0.3, -0.25) is 4.79 Å². The summed E-state index contributed by atoms with van der Waals surface area (Å²) in [4.78, 5) is 12.2. The minimum absolute atomic E-state index is 0.0914. The highest BCUT2D eigenvalue weighted by molar-refractivity contribution is 9.10. The molecule has 22 heavy (non-hydrogen) atoms. The summed E-state index contributed by atoms with van der Waals surface area (Å²) in [6.07, 6.45) is 3.42. The van der Waals surface area contributed by atoms with Crippen LogP contribution in [0.3, 0.4) is 0 Å². The first-order valence-corrected chi connectivity index (χ1v) is 9.51. The van der Waals surface area contributed by atoms with Crippen molar-refractivity contribution in [2.45, 2.75) is 33.1 Å². The zero-order valence-electron chi connectivity index (χ0n) is 12.8. The van der Waals surface area contributed by atoms with E-state index in [0.717, 1.165) is 28.4 Å². The summed E-state index contributed by atoms with van der Waals surface area (Å²) in [6, 6.07) is 7.32. The Balaban J connectivity index is 1.77. The fourth-order valence-electron chi connectivity index (χ4n) is 3.99. The lowest BCUT2D eigenvalue weighted by Crippen LogP contribution is -2.37. The molecular weight excluding hydrogens is 408 g/mol. The third-order valence-corrected chi connectivity index (χ3v) is 7.60. The Kier molecular flexibility index (Phi) is 4.23. The predicted octanol–water partition coefficient (Wildman–Crippen LogP) is 4.76. The van der Waals surface area contributed by atoms with E-state index in [1.54, 1.807) is 12.1 Å². The maximum absolute atomic E-state index is 12.2. The Bertz CT molecular complexity index is 628. The summed E-state index contributed by atoms with van der Waals surface area (Å²) in [6.45, 7) is 4.64. The molecule has 0 heterocycles. The number of nitrogens with one attached hydrogen (secondary N) is 1. The Morgan fingerprint density at radius 1 is 1.36 bits per heavy atom. The van der Waals surface area contributed by atoms with Gasteiger partial charge in [0.25, 0.3) is 5.91 Å². The molecule has 3 nitrogen and oxygen atoms in total. The zero-order valence-corrected chi connectivity index (χ0v) is 16.0. The van der Waals surface area contributed by atoms with Gasteiger partial charge >= 0.3 is 0 Å². The van der Waals surface area contributed by atoms with Gasteiger partial charge in [-0.15, -0.1) is 0 Å². The van der Waals surface area contributed by atoms with Gasteiger partial charge in [0.15, 0.2) is 0 Å². The van der Waals surface area contributed by atoms with Gasteiger partial charge in [0.1, 0.15) is 0 Å². The molecule has 2 fully saturated rings. The summed E-state index contributed by atoms with van der Waals surface area (Å²) in [5.74, 6) is 0.520. The van der Waals surface area contributed by atoms with E-state index in [0.29, 0.717) is 11.5 Å². The van der Waals surface area contributed by atoms with Crippen LogP contribution in [0.1, 0.15) is 43.5 Å². The van der Waals surface area contributed by atoms with Crippen molar-refractivity contribution in [3.63, 3.8) is 0 Å². The van der Waals surface area contributed by atoms with Crippen molar-refractivity contribution < 1.29 is 4.79 Å². The van der Waals surface area contributed by atoms with Gasteiger partial charge in [-0.1, -0.05) is 45.7 Å². The first kappa shape index (κ1) is 16.2. The molecule has 3 unspecified atom stereocenters. The molecule has 1 N–H and O–H groups in total. The highest BCUT2D eigenvalue weighted by Crippen LogP contribution is 2.64. The molecule has 3 atom stereocenters.